The van der Waals surface area contributed by atoms with Gasteiger partial charge in [0.2, 0.25) is 0 Å². The summed E-state index contributed by atoms with van der Waals surface area (Å²) in [5.74, 6) is 0.563. The highest BCUT2D eigenvalue weighted by Gasteiger charge is 2.11. The lowest BCUT2D eigenvalue weighted by atomic mass is 9.98. The van der Waals surface area contributed by atoms with Crippen LogP contribution in [0.4, 0.5) is 0 Å². The third-order valence-electron chi connectivity index (χ3n) is 3.08. The Hall–Kier alpha value is -2.23. The summed E-state index contributed by atoms with van der Waals surface area (Å²) in [7, 11) is 0. The number of pyridine rings is 2. The predicted octanol–water partition coefficient (Wildman–Crippen LogP) is 3.22. The Kier molecular flexibility index (Phi) is 2.99. The molecule has 0 aromatic carbocycles. The van der Waals surface area contributed by atoms with Crippen LogP contribution in [-0.4, -0.2) is 19.9 Å². The van der Waals surface area contributed by atoms with E-state index in [1.54, 1.807) is 6.33 Å². The van der Waals surface area contributed by atoms with Gasteiger partial charge in [0.05, 0.1) is 12.0 Å². The summed E-state index contributed by atoms with van der Waals surface area (Å²) in [6.07, 6.45) is 6.26. The maximum absolute atomic E-state index is 4.71. The highest BCUT2D eigenvalue weighted by atomic mass is 15.0. The molecule has 0 aliphatic carbocycles. The van der Waals surface area contributed by atoms with Crippen LogP contribution in [0.3, 0.4) is 0 Å². The maximum Gasteiger partial charge on any atom is 0.157 e. The van der Waals surface area contributed by atoms with E-state index in [1.165, 1.54) is 0 Å². The molecule has 0 bridgehead atoms. The Bertz CT molecular complexity index is 686. The molecular weight excluding hydrogens is 236 g/mol. The molecule has 4 nitrogen and oxygen atoms in total. The number of imidazole rings is 1. The number of hydrogen-bond acceptors (Lipinski definition) is 3. The van der Waals surface area contributed by atoms with Crippen molar-refractivity contribution in [2.75, 3.05) is 0 Å². The van der Waals surface area contributed by atoms with Crippen LogP contribution in [0.1, 0.15) is 19.5 Å². The molecule has 3 aromatic heterocycles. The van der Waals surface area contributed by atoms with E-state index in [1.807, 2.05) is 24.5 Å². The van der Waals surface area contributed by atoms with E-state index in [2.05, 4.69) is 34.9 Å². The molecule has 0 spiro atoms. The summed E-state index contributed by atoms with van der Waals surface area (Å²) >= 11 is 0. The number of H-pyrrole nitrogens is 1. The van der Waals surface area contributed by atoms with E-state index in [4.69, 9.17) is 4.98 Å². The van der Waals surface area contributed by atoms with Crippen LogP contribution in [0.2, 0.25) is 0 Å². The number of aromatic amines is 1. The Morgan fingerprint density at radius 3 is 2.74 bits per heavy atom. The molecule has 3 aromatic rings. The van der Waals surface area contributed by atoms with Crippen LogP contribution in [0.25, 0.3) is 22.3 Å². The molecule has 19 heavy (non-hydrogen) atoms. The van der Waals surface area contributed by atoms with Crippen LogP contribution in [-0.2, 0) is 6.42 Å². The van der Waals surface area contributed by atoms with Gasteiger partial charge in [0.15, 0.2) is 5.65 Å². The van der Waals surface area contributed by atoms with Crippen molar-refractivity contribution in [1.29, 1.82) is 0 Å². The normalized spacial score (nSPS) is 11.3. The zero-order chi connectivity index (χ0) is 13.2. The predicted molar refractivity (Wildman–Crippen MR) is 75.7 cm³/mol. The average Bonchev–Trinajstić information content (AvgIpc) is 2.85. The van der Waals surface area contributed by atoms with Crippen LogP contribution in [0, 0.1) is 5.92 Å². The van der Waals surface area contributed by atoms with Gasteiger partial charge in [0.1, 0.15) is 5.52 Å². The second-order valence-corrected chi connectivity index (χ2v) is 5.09. The largest absolute Gasteiger partial charge is 0.329 e. The van der Waals surface area contributed by atoms with Crippen LogP contribution in [0.5, 0.6) is 0 Å². The molecule has 0 amide bonds. The minimum Gasteiger partial charge on any atom is -0.329 e. The number of rotatable bonds is 3. The summed E-state index contributed by atoms with van der Waals surface area (Å²) in [6, 6.07) is 6.13. The van der Waals surface area contributed by atoms with Gasteiger partial charge in [-0.1, -0.05) is 13.8 Å². The lowest BCUT2D eigenvalue weighted by Crippen LogP contribution is -2.01. The van der Waals surface area contributed by atoms with Crippen molar-refractivity contribution < 1.29 is 0 Å². The second-order valence-electron chi connectivity index (χ2n) is 5.09. The lowest BCUT2D eigenvalue weighted by Gasteiger charge is -2.11. The Balaban J connectivity index is 2.19. The molecule has 1 N–H and O–H groups in total. The van der Waals surface area contributed by atoms with E-state index in [9.17, 15) is 0 Å². The SMILES string of the molecule is CC(C)Cc1nc2[nH]cnc2cc1-c1ccncc1. The van der Waals surface area contributed by atoms with Crippen LogP contribution in [0.15, 0.2) is 36.9 Å². The van der Waals surface area contributed by atoms with Crippen molar-refractivity contribution in [2.24, 2.45) is 5.92 Å². The third kappa shape index (κ3) is 2.34. The lowest BCUT2D eigenvalue weighted by molar-refractivity contribution is 0.638. The number of nitrogens with zero attached hydrogens (tertiary/aromatic N) is 3. The van der Waals surface area contributed by atoms with Gasteiger partial charge >= 0.3 is 0 Å². The maximum atomic E-state index is 4.71. The molecule has 4 heteroatoms. The molecule has 0 aliphatic rings. The minimum atomic E-state index is 0.563. The summed E-state index contributed by atoms with van der Waals surface area (Å²) in [6.45, 7) is 4.41. The molecule has 0 saturated carbocycles. The van der Waals surface area contributed by atoms with E-state index in [0.29, 0.717) is 5.92 Å². The summed E-state index contributed by atoms with van der Waals surface area (Å²) in [5, 5.41) is 0. The van der Waals surface area contributed by atoms with Crippen molar-refractivity contribution in [3.63, 3.8) is 0 Å². The highest BCUT2D eigenvalue weighted by Crippen LogP contribution is 2.26. The summed E-state index contributed by atoms with van der Waals surface area (Å²) in [4.78, 5) is 16.2. The molecule has 0 saturated heterocycles. The zero-order valence-corrected chi connectivity index (χ0v) is 11.1. The molecule has 0 radical (unpaired) electrons. The first-order chi connectivity index (χ1) is 9.24. The number of aromatic nitrogens is 4. The quantitative estimate of drug-likeness (QED) is 0.778. The standard InChI is InChI=1S/C15H16N4/c1-10(2)7-13-12(11-3-5-16-6-4-11)8-14-15(19-13)18-9-17-14/h3-6,8-10H,7H2,1-2H3,(H,17,18,19). The molecule has 96 valence electrons. The van der Waals surface area contributed by atoms with E-state index < -0.39 is 0 Å². The highest BCUT2D eigenvalue weighted by molar-refractivity contribution is 5.79. The smallest absolute Gasteiger partial charge is 0.157 e. The van der Waals surface area contributed by atoms with Crippen molar-refractivity contribution in [3.05, 3.63) is 42.6 Å². The van der Waals surface area contributed by atoms with Crippen molar-refractivity contribution in [3.8, 4) is 11.1 Å². The van der Waals surface area contributed by atoms with Gasteiger partial charge in [-0.3, -0.25) is 4.98 Å². The molecule has 0 atom stereocenters. The van der Waals surface area contributed by atoms with Gasteiger partial charge in [-0.25, -0.2) is 9.97 Å². The van der Waals surface area contributed by atoms with Gasteiger partial charge in [-0.2, -0.15) is 0 Å². The fraction of sp³-hybridized carbons (Fsp3) is 0.267. The van der Waals surface area contributed by atoms with E-state index >= 15 is 0 Å². The van der Waals surface area contributed by atoms with Gasteiger partial charge in [-0.15, -0.1) is 0 Å². The number of fused-ring (bicyclic) bond motifs is 1. The summed E-state index contributed by atoms with van der Waals surface area (Å²) < 4.78 is 0. The molecule has 0 fully saturated rings. The van der Waals surface area contributed by atoms with Gasteiger partial charge in [0, 0.05) is 18.0 Å². The number of hydrogen-bond donors (Lipinski definition) is 1. The first-order valence-corrected chi connectivity index (χ1v) is 6.47. The zero-order valence-electron chi connectivity index (χ0n) is 11.1. The molecule has 3 heterocycles. The fourth-order valence-corrected chi connectivity index (χ4v) is 2.23. The minimum absolute atomic E-state index is 0.563. The summed E-state index contributed by atoms with van der Waals surface area (Å²) in [5.41, 5.74) is 5.16. The van der Waals surface area contributed by atoms with E-state index in [0.717, 1.165) is 34.4 Å². The Morgan fingerprint density at radius 2 is 2.00 bits per heavy atom. The third-order valence-corrected chi connectivity index (χ3v) is 3.08. The fourth-order valence-electron chi connectivity index (χ4n) is 2.23. The first kappa shape index (κ1) is 11.8. The second kappa shape index (κ2) is 4.80. The van der Waals surface area contributed by atoms with Crippen molar-refractivity contribution in [2.45, 2.75) is 20.3 Å². The van der Waals surface area contributed by atoms with E-state index in [-0.39, 0.29) is 0 Å². The van der Waals surface area contributed by atoms with Gasteiger partial charge in [0.25, 0.3) is 0 Å². The van der Waals surface area contributed by atoms with Crippen molar-refractivity contribution >= 4 is 11.2 Å². The average molecular weight is 252 g/mol. The van der Waals surface area contributed by atoms with Crippen LogP contribution < -0.4 is 0 Å². The number of nitrogens with one attached hydrogen (secondary N) is 1. The van der Waals surface area contributed by atoms with Crippen molar-refractivity contribution in [1.82, 2.24) is 19.9 Å². The van der Waals surface area contributed by atoms with Crippen LogP contribution >= 0.6 is 0 Å². The molecule has 0 aliphatic heterocycles. The topological polar surface area (TPSA) is 54.5 Å². The molecular formula is C15H16N4. The Labute approximate surface area is 111 Å². The first-order valence-electron chi connectivity index (χ1n) is 6.47. The molecule has 3 rings (SSSR count). The van der Waals surface area contributed by atoms with Gasteiger partial charge < -0.3 is 4.98 Å². The Morgan fingerprint density at radius 1 is 1.21 bits per heavy atom. The molecule has 0 unspecified atom stereocenters. The van der Waals surface area contributed by atoms with Gasteiger partial charge in [-0.05, 0) is 36.1 Å². The monoisotopic (exact) mass is 252 g/mol.